The number of nitrogens with one attached hydrogen (secondary N) is 1. The van der Waals surface area contributed by atoms with Crippen molar-refractivity contribution in [2.24, 2.45) is 4.99 Å². The van der Waals surface area contributed by atoms with Gasteiger partial charge < -0.3 is 22.9 Å². The highest BCUT2D eigenvalue weighted by atomic mass is 28.4. The molecule has 0 saturated carbocycles. The van der Waals surface area contributed by atoms with Crippen LogP contribution in [0.15, 0.2) is 16.1 Å². The van der Waals surface area contributed by atoms with Gasteiger partial charge in [0.25, 0.3) is 5.56 Å². The normalized spacial score (nSPS) is 22.6. The van der Waals surface area contributed by atoms with E-state index >= 15 is 0 Å². The van der Waals surface area contributed by atoms with E-state index in [4.69, 9.17) is 23.0 Å². The average Bonchev–Trinajstić information content (AvgIpc) is 3.40. The van der Waals surface area contributed by atoms with Crippen LogP contribution in [-0.2, 0) is 18.0 Å². The molecule has 0 aromatic carbocycles. The van der Waals surface area contributed by atoms with Crippen molar-refractivity contribution in [1.82, 2.24) is 24.4 Å². The third kappa shape index (κ3) is 8.25. The minimum atomic E-state index is -2.35. The molecule has 3 heterocycles. The van der Waals surface area contributed by atoms with E-state index in [0.29, 0.717) is 12.3 Å². The van der Waals surface area contributed by atoms with E-state index in [1.165, 1.54) is 0 Å². The molecular formula is C31H60N6O5Si3. The molecule has 11 nitrogen and oxygen atoms in total. The topological polar surface area (TPSA) is 116 Å². The van der Waals surface area contributed by atoms with E-state index in [2.05, 4.69) is 117 Å². The molecule has 2 aromatic heterocycles. The van der Waals surface area contributed by atoms with Crippen LogP contribution in [0.1, 0.15) is 68.5 Å². The lowest BCUT2D eigenvalue weighted by Gasteiger charge is -2.44. The van der Waals surface area contributed by atoms with E-state index < -0.39 is 49.5 Å². The zero-order valence-corrected chi connectivity index (χ0v) is 33.9. The highest BCUT2D eigenvalue weighted by Crippen LogP contribution is 2.46. The van der Waals surface area contributed by atoms with Crippen molar-refractivity contribution in [1.29, 1.82) is 0 Å². The lowest BCUT2D eigenvalue weighted by atomic mass is 10.1. The second-order valence-corrected chi connectivity index (χ2v) is 31.6. The van der Waals surface area contributed by atoms with Crippen molar-refractivity contribution >= 4 is 48.4 Å². The Bertz CT molecular complexity index is 1420. The van der Waals surface area contributed by atoms with Gasteiger partial charge in [0.1, 0.15) is 18.3 Å². The van der Waals surface area contributed by atoms with Crippen LogP contribution >= 0.6 is 0 Å². The van der Waals surface area contributed by atoms with Gasteiger partial charge in [-0.15, -0.1) is 0 Å². The Hall–Kier alpha value is -1.69. The van der Waals surface area contributed by atoms with Crippen LogP contribution in [0.2, 0.25) is 54.4 Å². The summed E-state index contributed by atoms with van der Waals surface area (Å²) in [6, 6.07) is 0. The fourth-order valence-corrected chi connectivity index (χ4v) is 7.83. The molecule has 0 bridgehead atoms. The van der Waals surface area contributed by atoms with Crippen LogP contribution in [0.25, 0.3) is 11.2 Å². The zero-order chi connectivity index (χ0) is 34.6. The molecular weight excluding hydrogens is 621 g/mol. The Morgan fingerprint density at radius 3 is 1.91 bits per heavy atom. The highest BCUT2D eigenvalue weighted by molar-refractivity contribution is 6.75. The lowest BCUT2D eigenvalue weighted by Crippen LogP contribution is -2.54. The molecule has 45 heavy (non-hydrogen) atoms. The molecule has 2 aromatic rings. The maximum atomic E-state index is 13.1. The fourth-order valence-electron chi connectivity index (χ4n) is 4.21. The van der Waals surface area contributed by atoms with Crippen LogP contribution in [0.3, 0.4) is 0 Å². The van der Waals surface area contributed by atoms with E-state index in [1.54, 1.807) is 17.6 Å². The molecule has 3 rings (SSSR count). The van der Waals surface area contributed by atoms with Crippen LogP contribution in [0.4, 0.5) is 5.95 Å². The summed E-state index contributed by atoms with van der Waals surface area (Å²) in [5.74, 6) is 0.190. The van der Waals surface area contributed by atoms with Gasteiger partial charge in [0.05, 0.1) is 19.3 Å². The molecule has 1 aliphatic rings. The van der Waals surface area contributed by atoms with Crippen LogP contribution in [0, 0.1) is 0 Å². The lowest BCUT2D eigenvalue weighted by molar-refractivity contribution is -0.0470. The maximum absolute atomic E-state index is 13.1. The van der Waals surface area contributed by atoms with Crippen LogP contribution in [-0.4, -0.2) is 94.7 Å². The molecule has 0 radical (unpaired) electrons. The van der Waals surface area contributed by atoms with Crippen molar-refractivity contribution in [3.05, 3.63) is 16.7 Å². The smallest absolute Gasteiger partial charge is 0.280 e. The summed E-state index contributed by atoms with van der Waals surface area (Å²) in [6.45, 7) is 34.0. The number of ether oxygens (including phenoxy) is 1. The molecule has 1 fully saturated rings. The van der Waals surface area contributed by atoms with Gasteiger partial charge in [0.15, 0.2) is 42.3 Å². The standard InChI is InChI=1S/C31H60N6O5Si3/c1-29(2,3)43(12,13)39-18-21-23(41-44(14,15)30(4,5)6)24(42-45(16,17)31(7,8)9)27(40-21)37-20-32-22-25(37)34-28(35-26(22)38)33-19-36(10)11/h19-21,23-24,27H,18H2,1-17H3,(H,34,35,38)/b33-19+/t21-,23-,24-,27-/m1/s1. The SMILES string of the molecule is CN(C)/C=N/c1nc2c(ncn2[C@@H]2O[C@H](CO[Si](C)(C)C(C)(C)C)[C@@H](O[Si](C)(C)C(C)(C)C)[C@H]2O[Si](C)(C)C(C)(C)C)c(=O)[nH]1. The van der Waals surface area contributed by atoms with Gasteiger partial charge >= 0.3 is 0 Å². The van der Waals surface area contributed by atoms with Crippen molar-refractivity contribution in [2.45, 2.75) is 141 Å². The van der Waals surface area contributed by atoms with Crippen molar-refractivity contribution in [3.63, 3.8) is 0 Å². The number of aromatic amines is 1. The summed E-state index contributed by atoms with van der Waals surface area (Å²) in [7, 11) is -3.05. The molecule has 4 atom stereocenters. The van der Waals surface area contributed by atoms with Gasteiger partial charge in [-0.1, -0.05) is 62.3 Å². The molecule has 0 amide bonds. The zero-order valence-electron chi connectivity index (χ0n) is 30.9. The molecule has 0 spiro atoms. The Morgan fingerprint density at radius 1 is 0.911 bits per heavy atom. The van der Waals surface area contributed by atoms with Crippen molar-refractivity contribution in [3.8, 4) is 0 Å². The number of aliphatic imine (C=N–C) groups is 1. The number of hydrogen-bond acceptors (Lipinski definition) is 8. The summed E-state index contributed by atoms with van der Waals surface area (Å²) in [5, 5.41) is -0.0601. The monoisotopic (exact) mass is 680 g/mol. The third-order valence-corrected chi connectivity index (χ3v) is 23.7. The molecule has 1 aliphatic heterocycles. The quantitative estimate of drug-likeness (QED) is 0.161. The number of nitrogens with zero attached hydrogens (tertiary/aromatic N) is 5. The predicted octanol–water partition coefficient (Wildman–Crippen LogP) is 7.04. The van der Waals surface area contributed by atoms with E-state index in [1.807, 2.05) is 18.7 Å². The summed E-state index contributed by atoms with van der Waals surface area (Å²) in [4.78, 5) is 31.1. The van der Waals surface area contributed by atoms with Crippen LogP contribution in [0.5, 0.6) is 0 Å². The largest absolute Gasteiger partial charge is 0.414 e. The van der Waals surface area contributed by atoms with Gasteiger partial charge in [0.2, 0.25) is 5.95 Å². The van der Waals surface area contributed by atoms with Gasteiger partial charge in [-0.2, -0.15) is 4.98 Å². The van der Waals surface area contributed by atoms with E-state index in [0.717, 1.165) is 0 Å². The third-order valence-electron chi connectivity index (χ3n) is 10.3. The average molecular weight is 681 g/mol. The number of aromatic nitrogens is 4. The summed E-state index contributed by atoms with van der Waals surface area (Å²) >= 11 is 0. The second kappa shape index (κ2) is 12.7. The number of rotatable bonds is 10. The summed E-state index contributed by atoms with van der Waals surface area (Å²) in [5.41, 5.74) is 0.239. The maximum Gasteiger partial charge on any atom is 0.280 e. The highest BCUT2D eigenvalue weighted by Gasteiger charge is 2.55. The second-order valence-electron chi connectivity index (χ2n) is 17.2. The fraction of sp³-hybridized carbons (Fsp3) is 0.806. The molecule has 256 valence electrons. The Morgan fingerprint density at radius 2 is 1.42 bits per heavy atom. The molecule has 0 unspecified atom stereocenters. The van der Waals surface area contributed by atoms with Gasteiger partial charge in [-0.05, 0) is 54.4 Å². The van der Waals surface area contributed by atoms with Gasteiger partial charge in [0, 0.05) is 14.1 Å². The number of imidazole rings is 1. The number of hydrogen-bond donors (Lipinski definition) is 1. The Balaban J connectivity index is 2.22. The van der Waals surface area contributed by atoms with Crippen molar-refractivity contribution < 1.29 is 18.0 Å². The van der Waals surface area contributed by atoms with E-state index in [9.17, 15) is 4.79 Å². The minimum absolute atomic E-state index is 0.0344. The molecule has 1 saturated heterocycles. The first kappa shape index (κ1) is 37.8. The first-order chi connectivity index (χ1) is 20.2. The van der Waals surface area contributed by atoms with Gasteiger partial charge in [-0.25, -0.2) is 9.98 Å². The summed E-state index contributed by atoms with van der Waals surface area (Å²) in [6.07, 6.45) is 1.28. The van der Waals surface area contributed by atoms with Crippen LogP contribution < -0.4 is 5.56 Å². The summed E-state index contributed by atoms with van der Waals surface area (Å²) < 4.78 is 30.1. The Kier molecular flexibility index (Phi) is 10.7. The van der Waals surface area contributed by atoms with Crippen molar-refractivity contribution in [2.75, 3.05) is 20.7 Å². The molecule has 14 heteroatoms. The Labute approximate surface area is 273 Å². The van der Waals surface area contributed by atoms with E-state index in [-0.39, 0.29) is 32.1 Å². The first-order valence-corrected chi connectivity index (χ1v) is 24.7. The molecule has 1 N–H and O–H groups in total. The predicted molar refractivity (Wildman–Crippen MR) is 191 cm³/mol. The minimum Gasteiger partial charge on any atom is -0.414 e. The number of fused-ring (bicyclic) bond motifs is 1. The molecule has 0 aliphatic carbocycles. The van der Waals surface area contributed by atoms with Gasteiger partial charge in [-0.3, -0.25) is 14.3 Å². The first-order valence-electron chi connectivity index (χ1n) is 16.0. The number of H-pyrrole nitrogens is 1.